The summed E-state index contributed by atoms with van der Waals surface area (Å²) in [5, 5.41) is 0. The number of aryl methyl sites for hydroxylation is 1. The van der Waals surface area contributed by atoms with Gasteiger partial charge in [0, 0.05) is 43.4 Å². The van der Waals surface area contributed by atoms with Gasteiger partial charge in [-0.1, -0.05) is 0 Å². The molecule has 0 aliphatic carbocycles. The molecule has 0 aliphatic rings. The van der Waals surface area contributed by atoms with Gasteiger partial charge in [-0.25, -0.2) is 9.97 Å². The van der Waals surface area contributed by atoms with Gasteiger partial charge in [-0.2, -0.15) is 0 Å². The number of nitrogens with zero attached hydrogens (tertiary/aromatic N) is 4. The van der Waals surface area contributed by atoms with Crippen LogP contribution in [0.4, 0.5) is 5.95 Å². The van der Waals surface area contributed by atoms with E-state index in [1.807, 2.05) is 31.0 Å². The molecule has 0 unspecified atom stereocenters. The SMILES string of the molecule is Cc1nc(N(C)Cc2ccncc2)ncc1CCl. The van der Waals surface area contributed by atoms with Crippen LogP contribution in [-0.2, 0) is 12.4 Å². The highest BCUT2D eigenvalue weighted by Gasteiger charge is 2.07. The Morgan fingerprint density at radius 3 is 2.61 bits per heavy atom. The van der Waals surface area contributed by atoms with Crippen molar-refractivity contribution >= 4 is 17.5 Å². The Hall–Kier alpha value is -1.68. The number of aromatic nitrogens is 3. The number of pyridine rings is 1. The molecule has 2 rings (SSSR count). The van der Waals surface area contributed by atoms with Gasteiger partial charge in [0.1, 0.15) is 0 Å². The number of anilines is 1. The van der Waals surface area contributed by atoms with E-state index in [-0.39, 0.29) is 0 Å². The Balaban J connectivity index is 2.14. The van der Waals surface area contributed by atoms with E-state index in [2.05, 4.69) is 15.0 Å². The molecule has 0 radical (unpaired) electrons. The molecule has 0 aliphatic heterocycles. The van der Waals surface area contributed by atoms with Gasteiger partial charge >= 0.3 is 0 Å². The van der Waals surface area contributed by atoms with Crippen LogP contribution >= 0.6 is 11.6 Å². The highest BCUT2D eigenvalue weighted by molar-refractivity contribution is 6.17. The molecule has 18 heavy (non-hydrogen) atoms. The topological polar surface area (TPSA) is 41.9 Å². The molecule has 0 aromatic carbocycles. The van der Waals surface area contributed by atoms with Crippen molar-refractivity contribution in [3.63, 3.8) is 0 Å². The smallest absolute Gasteiger partial charge is 0.225 e. The van der Waals surface area contributed by atoms with Crippen molar-refractivity contribution in [3.05, 3.63) is 47.5 Å². The molecule has 0 saturated heterocycles. The molecule has 0 saturated carbocycles. The second-order valence-corrected chi connectivity index (χ2v) is 4.39. The van der Waals surface area contributed by atoms with Crippen molar-refractivity contribution in [1.82, 2.24) is 15.0 Å². The van der Waals surface area contributed by atoms with Crippen LogP contribution in [0.5, 0.6) is 0 Å². The quantitative estimate of drug-likeness (QED) is 0.794. The van der Waals surface area contributed by atoms with Crippen molar-refractivity contribution in [3.8, 4) is 0 Å². The van der Waals surface area contributed by atoms with E-state index in [1.54, 1.807) is 18.6 Å². The van der Waals surface area contributed by atoms with Gasteiger partial charge in [0.05, 0.1) is 5.88 Å². The van der Waals surface area contributed by atoms with Gasteiger partial charge in [-0.05, 0) is 24.6 Å². The predicted molar refractivity (Wildman–Crippen MR) is 72.7 cm³/mol. The van der Waals surface area contributed by atoms with E-state index in [0.717, 1.165) is 17.8 Å². The minimum absolute atomic E-state index is 0.445. The minimum Gasteiger partial charge on any atom is -0.340 e. The number of rotatable bonds is 4. The molecule has 4 nitrogen and oxygen atoms in total. The molecule has 0 spiro atoms. The van der Waals surface area contributed by atoms with Crippen LogP contribution in [0.3, 0.4) is 0 Å². The molecule has 94 valence electrons. The summed E-state index contributed by atoms with van der Waals surface area (Å²) >= 11 is 5.79. The molecular weight excluding hydrogens is 248 g/mol. The zero-order chi connectivity index (χ0) is 13.0. The Morgan fingerprint density at radius 1 is 1.28 bits per heavy atom. The first-order chi connectivity index (χ1) is 8.70. The van der Waals surface area contributed by atoms with Crippen LogP contribution < -0.4 is 4.90 Å². The van der Waals surface area contributed by atoms with E-state index in [0.29, 0.717) is 11.8 Å². The summed E-state index contributed by atoms with van der Waals surface area (Å²) in [6.45, 7) is 2.70. The van der Waals surface area contributed by atoms with Crippen molar-refractivity contribution in [2.24, 2.45) is 0 Å². The predicted octanol–water partition coefficient (Wildman–Crippen LogP) is 2.56. The molecule has 0 bridgehead atoms. The van der Waals surface area contributed by atoms with Gasteiger partial charge in [-0.3, -0.25) is 4.98 Å². The maximum absolute atomic E-state index is 5.79. The lowest BCUT2D eigenvalue weighted by Crippen LogP contribution is -2.19. The number of hydrogen-bond donors (Lipinski definition) is 0. The van der Waals surface area contributed by atoms with E-state index >= 15 is 0 Å². The second-order valence-electron chi connectivity index (χ2n) is 4.13. The maximum atomic E-state index is 5.79. The summed E-state index contributed by atoms with van der Waals surface area (Å²) in [5.74, 6) is 1.15. The highest BCUT2D eigenvalue weighted by atomic mass is 35.5. The van der Waals surface area contributed by atoms with Crippen LogP contribution in [0.2, 0.25) is 0 Å². The van der Waals surface area contributed by atoms with Gasteiger partial charge in [0.2, 0.25) is 5.95 Å². The summed E-state index contributed by atoms with van der Waals surface area (Å²) in [5.41, 5.74) is 3.07. The zero-order valence-corrected chi connectivity index (χ0v) is 11.2. The molecule has 0 amide bonds. The fourth-order valence-corrected chi connectivity index (χ4v) is 1.89. The van der Waals surface area contributed by atoms with Crippen LogP contribution in [0, 0.1) is 6.92 Å². The van der Waals surface area contributed by atoms with E-state index in [9.17, 15) is 0 Å². The first-order valence-electron chi connectivity index (χ1n) is 5.69. The third-order valence-electron chi connectivity index (χ3n) is 2.72. The van der Waals surface area contributed by atoms with Crippen molar-refractivity contribution in [2.75, 3.05) is 11.9 Å². The van der Waals surface area contributed by atoms with Gasteiger partial charge < -0.3 is 4.90 Å². The van der Waals surface area contributed by atoms with Crippen molar-refractivity contribution in [2.45, 2.75) is 19.3 Å². The van der Waals surface area contributed by atoms with Crippen molar-refractivity contribution in [1.29, 1.82) is 0 Å². The molecule has 0 atom stereocenters. The molecular formula is C13H15ClN4. The lowest BCUT2D eigenvalue weighted by molar-refractivity contribution is 0.852. The van der Waals surface area contributed by atoms with Crippen molar-refractivity contribution < 1.29 is 0 Å². The third-order valence-corrected chi connectivity index (χ3v) is 3.01. The van der Waals surface area contributed by atoms with E-state index in [1.165, 1.54) is 5.56 Å². The Morgan fingerprint density at radius 2 is 2.00 bits per heavy atom. The summed E-state index contributed by atoms with van der Waals surface area (Å²) in [6.07, 6.45) is 5.35. The lowest BCUT2D eigenvalue weighted by atomic mass is 10.2. The Bertz CT molecular complexity index is 516. The van der Waals surface area contributed by atoms with Crippen LogP contribution in [-0.4, -0.2) is 22.0 Å². The monoisotopic (exact) mass is 262 g/mol. The summed E-state index contributed by atoms with van der Waals surface area (Å²) < 4.78 is 0. The average molecular weight is 263 g/mol. The lowest BCUT2D eigenvalue weighted by Gasteiger charge is -2.17. The van der Waals surface area contributed by atoms with Gasteiger partial charge in [-0.15, -0.1) is 11.6 Å². The fourth-order valence-electron chi connectivity index (χ4n) is 1.63. The first-order valence-corrected chi connectivity index (χ1v) is 6.22. The van der Waals surface area contributed by atoms with Gasteiger partial charge in [0.25, 0.3) is 0 Å². The molecule has 0 N–H and O–H groups in total. The minimum atomic E-state index is 0.445. The zero-order valence-electron chi connectivity index (χ0n) is 10.5. The molecule has 2 aromatic rings. The maximum Gasteiger partial charge on any atom is 0.225 e. The van der Waals surface area contributed by atoms with Crippen LogP contribution in [0.25, 0.3) is 0 Å². The average Bonchev–Trinajstić information content (AvgIpc) is 2.39. The van der Waals surface area contributed by atoms with Crippen LogP contribution in [0.1, 0.15) is 16.8 Å². The Kier molecular flexibility index (Phi) is 4.10. The number of hydrogen-bond acceptors (Lipinski definition) is 4. The highest BCUT2D eigenvalue weighted by Crippen LogP contribution is 2.13. The molecule has 2 aromatic heterocycles. The number of halogens is 1. The largest absolute Gasteiger partial charge is 0.340 e. The van der Waals surface area contributed by atoms with Crippen LogP contribution in [0.15, 0.2) is 30.7 Å². The summed E-state index contributed by atoms with van der Waals surface area (Å²) in [4.78, 5) is 14.8. The molecule has 0 fully saturated rings. The normalized spacial score (nSPS) is 10.4. The fraction of sp³-hybridized carbons (Fsp3) is 0.308. The standard InChI is InChI=1S/C13H15ClN4/c1-10-12(7-14)8-16-13(17-10)18(2)9-11-3-5-15-6-4-11/h3-6,8H,7,9H2,1-2H3. The van der Waals surface area contributed by atoms with Gasteiger partial charge in [0.15, 0.2) is 0 Å². The summed E-state index contributed by atoms with van der Waals surface area (Å²) in [6, 6.07) is 3.97. The number of alkyl halides is 1. The third kappa shape index (κ3) is 2.96. The molecule has 5 heteroatoms. The second kappa shape index (κ2) is 5.78. The molecule has 2 heterocycles. The summed E-state index contributed by atoms with van der Waals surface area (Å²) in [7, 11) is 1.97. The Labute approximate surface area is 112 Å². The van der Waals surface area contributed by atoms with E-state index in [4.69, 9.17) is 11.6 Å². The first kappa shape index (κ1) is 12.8. The van der Waals surface area contributed by atoms with E-state index < -0.39 is 0 Å².